The summed E-state index contributed by atoms with van der Waals surface area (Å²) in [6.45, 7) is 7.57. The van der Waals surface area contributed by atoms with Crippen LogP contribution in [0.5, 0.6) is 0 Å². The normalized spacial score (nSPS) is 14.8. The summed E-state index contributed by atoms with van der Waals surface area (Å²) >= 11 is 0. The Balaban J connectivity index is 2.55. The quantitative estimate of drug-likeness (QED) is 0.750. The zero-order valence-corrected chi connectivity index (χ0v) is 12.7. The van der Waals surface area contributed by atoms with E-state index < -0.39 is 11.4 Å². The van der Waals surface area contributed by atoms with E-state index in [9.17, 15) is 4.79 Å². The van der Waals surface area contributed by atoms with Crippen molar-refractivity contribution in [3.8, 4) is 0 Å². The smallest absolute Gasteiger partial charge is 0.242 e. The van der Waals surface area contributed by atoms with E-state index in [1.54, 1.807) is 0 Å². The lowest BCUT2D eigenvalue weighted by Crippen LogP contribution is -2.49. The van der Waals surface area contributed by atoms with Crippen LogP contribution in [-0.2, 0) is 15.1 Å². The van der Waals surface area contributed by atoms with Crippen LogP contribution in [0.15, 0.2) is 30.3 Å². The van der Waals surface area contributed by atoms with Gasteiger partial charge in [0.15, 0.2) is 0 Å². The lowest BCUT2D eigenvalue weighted by molar-refractivity contribution is -0.124. The van der Waals surface area contributed by atoms with Crippen molar-refractivity contribution in [1.29, 1.82) is 0 Å². The molecule has 4 N–H and O–H groups in total. The van der Waals surface area contributed by atoms with Crippen LogP contribution < -0.4 is 11.5 Å². The molecular formula is C16H26N2O2. The molecule has 0 heterocycles. The molecule has 0 radical (unpaired) electrons. The minimum Gasteiger partial charge on any atom is -0.381 e. The molecule has 1 atom stereocenters. The van der Waals surface area contributed by atoms with Gasteiger partial charge in [-0.2, -0.15) is 0 Å². The van der Waals surface area contributed by atoms with Crippen LogP contribution in [0.2, 0.25) is 0 Å². The van der Waals surface area contributed by atoms with Crippen molar-refractivity contribution in [3.63, 3.8) is 0 Å². The van der Waals surface area contributed by atoms with Gasteiger partial charge >= 0.3 is 0 Å². The first-order valence-electron chi connectivity index (χ1n) is 6.98. The maximum Gasteiger partial charge on any atom is 0.242 e. The van der Waals surface area contributed by atoms with Crippen molar-refractivity contribution in [1.82, 2.24) is 0 Å². The summed E-state index contributed by atoms with van der Waals surface area (Å²) in [7, 11) is 0. The summed E-state index contributed by atoms with van der Waals surface area (Å²) in [4.78, 5) is 11.7. The molecule has 0 fully saturated rings. The van der Waals surface area contributed by atoms with Gasteiger partial charge in [0, 0.05) is 19.6 Å². The van der Waals surface area contributed by atoms with Crippen LogP contribution >= 0.6 is 0 Å². The number of hydrogen-bond acceptors (Lipinski definition) is 3. The molecule has 0 saturated heterocycles. The number of amides is 1. The molecule has 4 nitrogen and oxygen atoms in total. The number of carbonyl (C=O) groups is 1. The Morgan fingerprint density at radius 1 is 1.10 bits per heavy atom. The van der Waals surface area contributed by atoms with Crippen molar-refractivity contribution in [2.45, 2.75) is 39.2 Å². The average molecular weight is 278 g/mol. The molecule has 0 spiro atoms. The molecule has 20 heavy (non-hydrogen) atoms. The minimum absolute atomic E-state index is 0.239. The molecule has 1 amide bonds. The van der Waals surface area contributed by atoms with Crippen LogP contribution in [0.3, 0.4) is 0 Å². The van der Waals surface area contributed by atoms with Crippen molar-refractivity contribution in [2.75, 3.05) is 13.2 Å². The zero-order chi connectivity index (χ0) is 15.2. The molecule has 1 aromatic carbocycles. The maximum atomic E-state index is 11.7. The number of nitrogens with two attached hydrogens (primary N) is 2. The predicted octanol–water partition coefficient (Wildman–Crippen LogP) is 2.17. The fourth-order valence-electron chi connectivity index (χ4n) is 1.86. The molecule has 1 rings (SSSR count). The van der Waals surface area contributed by atoms with E-state index in [0.717, 1.165) is 12.0 Å². The highest BCUT2D eigenvalue weighted by Gasteiger charge is 2.33. The predicted molar refractivity (Wildman–Crippen MR) is 81.0 cm³/mol. The number of benzene rings is 1. The average Bonchev–Trinajstić information content (AvgIpc) is 2.37. The Bertz CT molecular complexity index is 426. The fourth-order valence-corrected chi connectivity index (χ4v) is 1.86. The Morgan fingerprint density at radius 3 is 2.15 bits per heavy atom. The third-order valence-electron chi connectivity index (χ3n) is 3.37. The Morgan fingerprint density at radius 2 is 1.65 bits per heavy atom. The molecule has 0 aromatic heterocycles. The molecule has 4 heteroatoms. The summed E-state index contributed by atoms with van der Waals surface area (Å²) in [6, 6.07) is 9.21. The third-order valence-corrected chi connectivity index (χ3v) is 3.37. The van der Waals surface area contributed by atoms with Crippen LogP contribution in [0.1, 0.15) is 39.2 Å². The number of carbonyl (C=O) groups excluding carboxylic acids is 1. The first-order valence-corrected chi connectivity index (χ1v) is 6.98. The lowest BCUT2D eigenvalue weighted by Gasteiger charge is -2.26. The first kappa shape index (κ1) is 16.7. The second-order valence-electron chi connectivity index (χ2n) is 6.37. The van der Waals surface area contributed by atoms with Crippen molar-refractivity contribution in [3.05, 3.63) is 35.9 Å². The second kappa shape index (κ2) is 6.86. The summed E-state index contributed by atoms with van der Waals surface area (Å²) in [5.41, 5.74) is 11.4. The molecule has 112 valence electrons. The number of ether oxygens (including phenoxy) is 1. The van der Waals surface area contributed by atoms with E-state index in [4.69, 9.17) is 16.2 Å². The highest BCUT2D eigenvalue weighted by atomic mass is 16.5. The summed E-state index contributed by atoms with van der Waals surface area (Å²) in [5, 5.41) is 0. The molecule has 1 unspecified atom stereocenters. The monoisotopic (exact) mass is 278 g/mol. The van der Waals surface area contributed by atoms with Gasteiger partial charge in [-0.3, -0.25) is 4.79 Å². The van der Waals surface area contributed by atoms with Gasteiger partial charge in [0.2, 0.25) is 5.91 Å². The Kier molecular flexibility index (Phi) is 5.72. The molecular weight excluding hydrogens is 252 g/mol. The molecule has 0 bridgehead atoms. The standard InChI is InChI=1S/C16H26N2O2/c1-15(2,3)9-11-20-12-10-16(18,14(17)19)13-7-5-4-6-8-13/h4-8H,9-12,18H2,1-3H3,(H2,17,19). The largest absolute Gasteiger partial charge is 0.381 e. The van der Waals surface area contributed by atoms with Crippen LogP contribution in [0.25, 0.3) is 0 Å². The van der Waals surface area contributed by atoms with Crippen molar-refractivity contribution in [2.24, 2.45) is 16.9 Å². The van der Waals surface area contributed by atoms with E-state index in [-0.39, 0.29) is 5.41 Å². The van der Waals surface area contributed by atoms with Crippen LogP contribution in [0, 0.1) is 5.41 Å². The van der Waals surface area contributed by atoms with E-state index in [1.165, 1.54) is 0 Å². The lowest BCUT2D eigenvalue weighted by atomic mass is 9.87. The van der Waals surface area contributed by atoms with Gasteiger partial charge in [0.25, 0.3) is 0 Å². The Hall–Kier alpha value is -1.39. The van der Waals surface area contributed by atoms with E-state index in [2.05, 4.69) is 20.8 Å². The van der Waals surface area contributed by atoms with Gasteiger partial charge in [0.1, 0.15) is 5.54 Å². The van der Waals surface area contributed by atoms with Crippen LogP contribution in [-0.4, -0.2) is 19.1 Å². The summed E-state index contributed by atoms with van der Waals surface area (Å²) in [5.74, 6) is -0.525. The van der Waals surface area contributed by atoms with Gasteiger partial charge in [-0.05, 0) is 17.4 Å². The van der Waals surface area contributed by atoms with Gasteiger partial charge in [-0.1, -0.05) is 51.1 Å². The topological polar surface area (TPSA) is 78.3 Å². The van der Waals surface area contributed by atoms with E-state index >= 15 is 0 Å². The van der Waals surface area contributed by atoms with Gasteiger partial charge in [-0.25, -0.2) is 0 Å². The van der Waals surface area contributed by atoms with Gasteiger partial charge in [-0.15, -0.1) is 0 Å². The van der Waals surface area contributed by atoms with E-state index in [1.807, 2.05) is 30.3 Å². The van der Waals surface area contributed by atoms with Gasteiger partial charge < -0.3 is 16.2 Å². The minimum atomic E-state index is -1.16. The number of hydrogen-bond donors (Lipinski definition) is 2. The number of primary amides is 1. The highest BCUT2D eigenvalue weighted by Crippen LogP contribution is 2.22. The third kappa shape index (κ3) is 4.94. The first-order chi connectivity index (χ1) is 9.26. The van der Waals surface area contributed by atoms with E-state index in [0.29, 0.717) is 19.6 Å². The van der Waals surface area contributed by atoms with Gasteiger partial charge in [0.05, 0.1) is 0 Å². The zero-order valence-electron chi connectivity index (χ0n) is 12.7. The molecule has 0 saturated carbocycles. The van der Waals surface area contributed by atoms with Crippen molar-refractivity contribution < 1.29 is 9.53 Å². The second-order valence-corrected chi connectivity index (χ2v) is 6.37. The maximum absolute atomic E-state index is 11.7. The fraction of sp³-hybridized carbons (Fsp3) is 0.562. The molecule has 0 aliphatic carbocycles. The Labute approximate surface area is 121 Å². The summed E-state index contributed by atoms with van der Waals surface area (Å²) < 4.78 is 5.59. The highest BCUT2D eigenvalue weighted by molar-refractivity contribution is 5.85. The SMILES string of the molecule is CC(C)(C)CCOCCC(N)(C(N)=O)c1ccccc1. The number of rotatable bonds is 7. The molecule has 1 aromatic rings. The van der Waals surface area contributed by atoms with Crippen LogP contribution in [0.4, 0.5) is 0 Å². The van der Waals surface area contributed by atoms with Crippen molar-refractivity contribution >= 4 is 5.91 Å². The summed E-state index contributed by atoms with van der Waals surface area (Å²) in [6.07, 6.45) is 1.35. The molecule has 0 aliphatic rings. The molecule has 0 aliphatic heterocycles.